The van der Waals surface area contributed by atoms with Gasteiger partial charge in [-0.05, 0) is 12.8 Å². The summed E-state index contributed by atoms with van der Waals surface area (Å²) in [5, 5.41) is 0. The first-order valence-corrected chi connectivity index (χ1v) is 5.32. The molecule has 0 heterocycles. The lowest BCUT2D eigenvalue weighted by atomic mass is 9.90. The SMILES string of the molecule is COCC(=O)C1(OC)CCCCCC1. The minimum Gasteiger partial charge on any atom is -0.377 e. The van der Waals surface area contributed by atoms with Crippen LogP contribution in [0.3, 0.4) is 0 Å². The second-order valence-corrected chi connectivity index (χ2v) is 3.97. The Morgan fingerprint density at radius 2 is 1.71 bits per heavy atom. The van der Waals surface area contributed by atoms with Crippen molar-refractivity contribution in [3.63, 3.8) is 0 Å². The Morgan fingerprint density at radius 1 is 1.14 bits per heavy atom. The molecule has 1 aliphatic carbocycles. The minimum atomic E-state index is -0.549. The van der Waals surface area contributed by atoms with Crippen molar-refractivity contribution in [1.29, 1.82) is 0 Å². The predicted octanol–water partition coefficient (Wildman–Crippen LogP) is 1.94. The van der Waals surface area contributed by atoms with Crippen molar-refractivity contribution in [1.82, 2.24) is 0 Å². The van der Waals surface area contributed by atoms with Gasteiger partial charge in [0.25, 0.3) is 0 Å². The molecular weight excluding hydrogens is 180 g/mol. The van der Waals surface area contributed by atoms with E-state index in [1.807, 2.05) is 0 Å². The molecule has 0 aromatic heterocycles. The molecule has 14 heavy (non-hydrogen) atoms. The van der Waals surface area contributed by atoms with Gasteiger partial charge in [0.05, 0.1) is 0 Å². The molecule has 1 fully saturated rings. The van der Waals surface area contributed by atoms with Gasteiger partial charge in [-0.1, -0.05) is 25.7 Å². The largest absolute Gasteiger partial charge is 0.377 e. The van der Waals surface area contributed by atoms with E-state index in [0.717, 1.165) is 25.7 Å². The highest BCUT2D eigenvalue weighted by Crippen LogP contribution is 2.30. The van der Waals surface area contributed by atoms with Crippen LogP contribution in [0.5, 0.6) is 0 Å². The number of ketones is 1. The van der Waals surface area contributed by atoms with E-state index in [-0.39, 0.29) is 12.4 Å². The van der Waals surface area contributed by atoms with Crippen molar-refractivity contribution in [2.75, 3.05) is 20.8 Å². The van der Waals surface area contributed by atoms with Crippen LogP contribution >= 0.6 is 0 Å². The van der Waals surface area contributed by atoms with Crippen molar-refractivity contribution < 1.29 is 14.3 Å². The Morgan fingerprint density at radius 3 is 2.14 bits per heavy atom. The van der Waals surface area contributed by atoms with Gasteiger partial charge in [-0.25, -0.2) is 0 Å². The highest BCUT2D eigenvalue weighted by atomic mass is 16.5. The van der Waals surface area contributed by atoms with Crippen molar-refractivity contribution in [3.8, 4) is 0 Å². The van der Waals surface area contributed by atoms with Crippen molar-refractivity contribution >= 4 is 5.78 Å². The van der Waals surface area contributed by atoms with Gasteiger partial charge in [-0.15, -0.1) is 0 Å². The van der Waals surface area contributed by atoms with Crippen LogP contribution in [0.15, 0.2) is 0 Å². The summed E-state index contributed by atoms with van der Waals surface area (Å²) in [5.74, 6) is 0.101. The molecule has 0 atom stereocenters. The normalized spacial score (nSPS) is 21.6. The van der Waals surface area contributed by atoms with Crippen molar-refractivity contribution in [3.05, 3.63) is 0 Å². The van der Waals surface area contributed by atoms with E-state index < -0.39 is 5.60 Å². The Kier molecular flexibility index (Phi) is 4.55. The number of hydrogen-bond acceptors (Lipinski definition) is 3. The molecule has 0 aromatic rings. The topological polar surface area (TPSA) is 35.5 Å². The molecular formula is C11H20O3. The van der Waals surface area contributed by atoms with Gasteiger partial charge >= 0.3 is 0 Å². The van der Waals surface area contributed by atoms with E-state index in [4.69, 9.17) is 9.47 Å². The van der Waals surface area contributed by atoms with Crippen LogP contribution in [-0.4, -0.2) is 32.2 Å². The number of carbonyl (C=O) groups is 1. The summed E-state index contributed by atoms with van der Waals surface area (Å²) in [6, 6.07) is 0. The molecule has 1 aliphatic rings. The first kappa shape index (κ1) is 11.7. The van der Waals surface area contributed by atoms with Gasteiger partial charge in [-0.3, -0.25) is 4.79 Å². The average Bonchev–Trinajstić information content (AvgIpc) is 2.44. The zero-order chi connectivity index (χ0) is 10.4. The molecule has 0 aromatic carbocycles. The lowest BCUT2D eigenvalue weighted by Crippen LogP contribution is -2.42. The number of hydrogen-bond donors (Lipinski definition) is 0. The van der Waals surface area contributed by atoms with Gasteiger partial charge in [0.1, 0.15) is 12.2 Å². The fourth-order valence-electron chi connectivity index (χ4n) is 2.16. The molecule has 82 valence electrons. The average molecular weight is 200 g/mol. The highest BCUT2D eigenvalue weighted by molar-refractivity contribution is 5.88. The second-order valence-electron chi connectivity index (χ2n) is 3.97. The molecule has 0 bridgehead atoms. The van der Waals surface area contributed by atoms with E-state index in [1.54, 1.807) is 14.2 Å². The maximum atomic E-state index is 11.9. The number of Topliss-reactive ketones (excluding diaryl/α,β-unsaturated/α-hetero) is 1. The summed E-state index contributed by atoms with van der Waals surface area (Å²) in [6.07, 6.45) is 6.31. The van der Waals surface area contributed by atoms with Crippen LogP contribution in [0.2, 0.25) is 0 Å². The Balaban J connectivity index is 2.66. The van der Waals surface area contributed by atoms with Crippen LogP contribution in [-0.2, 0) is 14.3 Å². The van der Waals surface area contributed by atoms with Gasteiger partial charge < -0.3 is 9.47 Å². The van der Waals surface area contributed by atoms with E-state index in [0.29, 0.717) is 0 Å². The van der Waals surface area contributed by atoms with Crippen molar-refractivity contribution in [2.45, 2.75) is 44.1 Å². The Labute approximate surface area is 85.8 Å². The quantitative estimate of drug-likeness (QED) is 0.651. The molecule has 0 N–H and O–H groups in total. The second kappa shape index (κ2) is 5.47. The summed E-state index contributed by atoms with van der Waals surface area (Å²) >= 11 is 0. The summed E-state index contributed by atoms with van der Waals surface area (Å²) in [4.78, 5) is 11.9. The molecule has 0 aliphatic heterocycles. The van der Waals surface area contributed by atoms with Crippen LogP contribution in [0.25, 0.3) is 0 Å². The fourth-order valence-corrected chi connectivity index (χ4v) is 2.16. The number of methoxy groups -OCH3 is 2. The van der Waals surface area contributed by atoms with Gasteiger partial charge in [0.15, 0.2) is 5.78 Å². The van der Waals surface area contributed by atoms with E-state index >= 15 is 0 Å². The van der Waals surface area contributed by atoms with E-state index in [1.165, 1.54) is 12.8 Å². The monoisotopic (exact) mass is 200 g/mol. The number of carbonyl (C=O) groups excluding carboxylic acids is 1. The molecule has 3 heteroatoms. The predicted molar refractivity (Wildman–Crippen MR) is 54.3 cm³/mol. The van der Waals surface area contributed by atoms with Crippen LogP contribution in [0.1, 0.15) is 38.5 Å². The van der Waals surface area contributed by atoms with Crippen LogP contribution in [0.4, 0.5) is 0 Å². The highest BCUT2D eigenvalue weighted by Gasteiger charge is 2.37. The van der Waals surface area contributed by atoms with Gasteiger partial charge in [-0.2, -0.15) is 0 Å². The van der Waals surface area contributed by atoms with Crippen LogP contribution < -0.4 is 0 Å². The van der Waals surface area contributed by atoms with Gasteiger partial charge in [0.2, 0.25) is 0 Å². The molecule has 1 saturated carbocycles. The lowest BCUT2D eigenvalue weighted by Gasteiger charge is -2.29. The molecule has 0 radical (unpaired) electrons. The lowest BCUT2D eigenvalue weighted by molar-refractivity contribution is -0.146. The van der Waals surface area contributed by atoms with E-state index in [9.17, 15) is 4.79 Å². The fraction of sp³-hybridized carbons (Fsp3) is 0.909. The molecule has 0 saturated heterocycles. The molecule has 3 nitrogen and oxygen atoms in total. The Hall–Kier alpha value is -0.410. The standard InChI is InChI=1S/C11H20O3/c1-13-9-10(12)11(14-2)7-5-3-4-6-8-11/h3-9H2,1-2H3. The van der Waals surface area contributed by atoms with Gasteiger partial charge in [0, 0.05) is 14.2 Å². The number of rotatable bonds is 4. The number of ether oxygens (including phenoxy) is 2. The van der Waals surface area contributed by atoms with Crippen molar-refractivity contribution in [2.24, 2.45) is 0 Å². The maximum absolute atomic E-state index is 11.9. The Bertz CT molecular complexity index is 181. The minimum absolute atomic E-state index is 0.101. The molecule has 1 rings (SSSR count). The third kappa shape index (κ3) is 2.55. The maximum Gasteiger partial charge on any atom is 0.190 e. The zero-order valence-electron chi connectivity index (χ0n) is 9.17. The summed E-state index contributed by atoms with van der Waals surface area (Å²) in [5.41, 5.74) is -0.549. The first-order chi connectivity index (χ1) is 6.75. The van der Waals surface area contributed by atoms with E-state index in [2.05, 4.69) is 0 Å². The zero-order valence-corrected chi connectivity index (χ0v) is 9.17. The molecule has 0 amide bonds. The molecule has 0 unspecified atom stereocenters. The third-order valence-corrected chi connectivity index (χ3v) is 3.09. The summed E-state index contributed by atoms with van der Waals surface area (Å²) in [6.45, 7) is 0.174. The molecule has 0 spiro atoms. The van der Waals surface area contributed by atoms with Crippen LogP contribution in [0, 0.1) is 0 Å². The summed E-state index contributed by atoms with van der Waals surface area (Å²) < 4.78 is 10.3. The smallest absolute Gasteiger partial charge is 0.190 e. The summed E-state index contributed by atoms with van der Waals surface area (Å²) in [7, 11) is 3.19. The third-order valence-electron chi connectivity index (χ3n) is 3.09. The first-order valence-electron chi connectivity index (χ1n) is 5.32.